The Hall–Kier alpha value is -1.01. The second-order valence-electron chi connectivity index (χ2n) is 2.72. The van der Waals surface area contributed by atoms with E-state index in [-0.39, 0.29) is 6.42 Å². The van der Waals surface area contributed by atoms with Crippen LogP contribution in [-0.2, 0) is 11.2 Å². The molecule has 0 spiro atoms. The van der Waals surface area contributed by atoms with Crippen molar-refractivity contribution in [2.45, 2.75) is 6.42 Å². The van der Waals surface area contributed by atoms with Crippen LogP contribution < -0.4 is 5.01 Å². The van der Waals surface area contributed by atoms with Crippen molar-refractivity contribution in [2.75, 3.05) is 10.9 Å². The van der Waals surface area contributed by atoms with E-state index in [0.717, 1.165) is 16.4 Å². The van der Waals surface area contributed by atoms with Gasteiger partial charge in [-0.3, -0.25) is 9.80 Å². The minimum absolute atomic E-state index is 0.0731. The molecule has 4 nitrogen and oxygen atoms in total. The Labute approximate surface area is 89.2 Å². The summed E-state index contributed by atoms with van der Waals surface area (Å²) in [5.41, 5.74) is 2.68. The van der Waals surface area contributed by atoms with Gasteiger partial charge in [0, 0.05) is 4.88 Å². The maximum atomic E-state index is 10.6. The van der Waals surface area contributed by atoms with E-state index < -0.39 is 5.97 Å². The van der Waals surface area contributed by atoms with E-state index in [9.17, 15) is 4.79 Å². The molecule has 1 aromatic rings. The number of rotatable bonds is 3. The molecule has 6 heteroatoms. The SMILES string of the molecule is O=C(O)Cc1sccc1N1CSC=N1. The van der Waals surface area contributed by atoms with Crippen molar-refractivity contribution in [1.29, 1.82) is 0 Å². The summed E-state index contributed by atoms with van der Waals surface area (Å²) in [6.45, 7) is 0. The zero-order valence-corrected chi connectivity index (χ0v) is 8.85. The number of thiophene rings is 1. The van der Waals surface area contributed by atoms with Gasteiger partial charge < -0.3 is 5.11 Å². The second kappa shape index (κ2) is 4.02. The first-order chi connectivity index (χ1) is 6.77. The standard InChI is InChI=1S/C8H8N2O2S2/c11-8(12)3-7-6(1-2-14-7)10-5-13-4-9-10/h1-2,4H,3,5H2,(H,11,12). The fourth-order valence-corrected chi connectivity index (χ4v) is 2.65. The van der Waals surface area contributed by atoms with Gasteiger partial charge >= 0.3 is 5.97 Å². The molecule has 0 aliphatic carbocycles. The van der Waals surface area contributed by atoms with Crippen LogP contribution in [0.2, 0.25) is 0 Å². The third kappa shape index (κ3) is 1.91. The van der Waals surface area contributed by atoms with Crippen LogP contribution in [-0.4, -0.2) is 22.5 Å². The molecule has 0 radical (unpaired) electrons. The first-order valence-corrected chi connectivity index (χ1v) is 5.90. The van der Waals surface area contributed by atoms with Gasteiger partial charge in [-0.15, -0.1) is 11.3 Å². The van der Waals surface area contributed by atoms with Crippen molar-refractivity contribution < 1.29 is 9.90 Å². The smallest absolute Gasteiger partial charge is 0.308 e. The zero-order chi connectivity index (χ0) is 9.97. The van der Waals surface area contributed by atoms with Gasteiger partial charge in [0.2, 0.25) is 0 Å². The van der Waals surface area contributed by atoms with Crippen molar-refractivity contribution in [3.8, 4) is 0 Å². The Morgan fingerprint density at radius 3 is 3.21 bits per heavy atom. The van der Waals surface area contributed by atoms with Crippen LogP contribution in [0.4, 0.5) is 5.69 Å². The topological polar surface area (TPSA) is 52.9 Å². The predicted molar refractivity (Wildman–Crippen MR) is 59.1 cm³/mol. The molecule has 1 aromatic heterocycles. The van der Waals surface area contributed by atoms with E-state index in [1.807, 2.05) is 16.5 Å². The second-order valence-corrected chi connectivity index (χ2v) is 4.52. The summed E-state index contributed by atoms with van der Waals surface area (Å²) in [6.07, 6.45) is 0.0731. The fraction of sp³-hybridized carbons (Fsp3) is 0.250. The summed E-state index contributed by atoms with van der Waals surface area (Å²) in [6, 6.07) is 1.91. The highest BCUT2D eigenvalue weighted by Crippen LogP contribution is 2.30. The summed E-state index contributed by atoms with van der Waals surface area (Å²) in [5, 5.41) is 16.5. The molecule has 0 saturated carbocycles. The number of nitrogens with zero attached hydrogens (tertiary/aromatic N) is 2. The van der Waals surface area contributed by atoms with Gasteiger partial charge in [-0.25, -0.2) is 0 Å². The van der Waals surface area contributed by atoms with Crippen LogP contribution in [0.3, 0.4) is 0 Å². The number of hydrogen-bond donors (Lipinski definition) is 1. The summed E-state index contributed by atoms with van der Waals surface area (Å²) >= 11 is 3.06. The maximum Gasteiger partial charge on any atom is 0.308 e. The highest BCUT2D eigenvalue weighted by atomic mass is 32.2. The number of carboxylic acid groups (broad SMARTS) is 1. The molecule has 0 amide bonds. The summed E-state index contributed by atoms with van der Waals surface area (Å²) in [5.74, 6) is -0.0341. The molecule has 0 bridgehead atoms. The van der Waals surface area contributed by atoms with E-state index in [4.69, 9.17) is 5.11 Å². The number of anilines is 1. The van der Waals surface area contributed by atoms with Crippen LogP contribution in [0, 0.1) is 0 Å². The van der Waals surface area contributed by atoms with Crippen LogP contribution >= 0.6 is 23.1 Å². The number of carboxylic acids is 1. The van der Waals surface area contributed by atoms with Gasteiger partial charge in [-0.2, -0.15) is 5.10 Å². The minimum atomic E-state index is -0.801. The van der Waals surface area contributed by atoms with Gasteiger partial charge in [0.05, 0.1) is 23.5 Å². The molecule has 14 heavy (non-hydrogen) atoms. The Balaban J connectivity index is 2.20. The minimum Gasteiger partial charge on any atom is -0.481 e. The Morgan fingerprint density at radius 2 is 2.57 bits per heavy atom. The molecule has 1 aliphatic rings. The van der Waals surface area contributed by atoms with Crippen LogP contribution in [0.25, 0.3) is 0 Å². The Morgan fingerprint density at radius 1 is 1.71 bits per heavy atom. The molecular weight excluding hydrogens is 220 g/mol. The van der Waals surface area contributed by atoms with Crippen molar-refractivity contribution >= 4 is 40.3 Å². The quantitative estimate of drug-likeness (QED) is 0.857. The Bertz CT molecular complexity index is 375. The number of thioether (sulfide) groups is 1. The molecule has 2 heterocycles. The number of carbonyl (C=O) groups is 1. The molecular formula is C8H8N2O2S2. The Kier molecular flexibility index (Phi) is 2.74. The molecule has 0 unspecified atom stereocenters. The fourth-order valence-electron chi connectivity index (χ4n) is 1.19. The van der Waals surface area contributed by atoms with Crippen molar-refractivity contribution in [2.24, 2.45) is 5.10 Å². The van der Waals surface area contributed by atoms with Crippen molar-refractivity contribution in [3.63, 3.8) is 0 Å². The van der Waals surface area contributed by atoms with E-state index in [1.54, 1.807) is 17.3 Å². The summed E-state index contributed by atoms with van der Waals surface area (Å²) < 4.78 is 0. The number of hydrogen-bond acceptors (Lipinski definition) is 5. The molecule has 0 saturated heterocycles. The highest BCUT2D eigenvalue weighted by Gasteiger charge is 2.16. The van der Waals surface area contributed by atoms with Crippen molar-refractivity contribution in [1.82, 2.24) is 0 Å². The van der Waals surface area contributed by atoms with E-state index in [1.165, 1.54) is 11.3 Å². The molecule has 74 valence electrons. The normalized spacial score (nSPS) is 15.0. The molecule has 0 atom stereocenters. The molecule has 2 rings (SSSR count). The monoisotopic (exact) mass is 228 g/mol. The van der Waals surface area contributed by atoms with Crippen LogP contribution in [0.15, 0.2) is 16.5 Å². The first kappa shape index (κ1) is 9.54. The van der Waals surface area contributed by atoms with Gasteiger partial charge in [0.15, 0.2) is 0 Å². The number of aliphatic carboxylic acids is 1. The average molecular weight is 228 g/mol. The van der Waals surface area contributed by atoms with Gasteiger partial charge in [-0.1, -0.05) is 11.8 Å². The third-order valence-electron chi connectivity index (χ3n) is 1.77. The van der Waals surface area contributed by atoms with Crippen LogP contribution in [0.5, 0.6) is 0 Å². The lowest BCUT2D eigenvalue weighted by Gasteiger charge is -2.12. The van der Waals surface area contributed by atoms with E-state index in [2.05, 4.69) is 5.10 Å². The van der Waals surface area contributed by atoms with Gasteiger partial charge in [-0.05, 0) is 11.4 Å². The predicted octanol–water partition coefficient (Wildman–Crippen LogP) is 1.83. The van der Waals surface area contributed by atoms with Gasteiger partial charge in [0.25, 0.3) is 0 Å². The lowest BCUT2D eigenvalue weighted by molar-refractivity contribution is -0.136. The highest BCUT2D eigenvalue weighted by molar-refractivity contribution is 8.12. The van der Waals surface area contributed by atoms with Crippen LogP contribution in [0.1, 0.15) is 4.88 Å². The lowest BCUT2D eigenvalue weighted by Crippen LogP contribution is -2.12. The first-order valence-electron chi connectivity index (χ1n) is 3.97. The summed E-state index contributed by atoms with van der Waals surface area (Å²) in [7, 11) is 0. The lowest BCUT2D eigenvalue weighted by atomic mass is 10.3. The molecule has 0 aromatic carbocycles. The maximum absolute atomic E-state index is 10.6. The van der Waals surface area contributed by atoms with E-state index >= 15 is 0 Å². The number of hydrazone groups is 1. The zero-order valence-electron chi connectivity index (χ0n) is 7.21. The molecule has 1 aliphatic heterocycles. The largest absolute Gasteiger partial charge is 0.481 e. The van der Waals surface area contributed by atoms with E-state index in [0.29, 0.717) is 0 Å². The third-order valence-corrected chi connectivity index (χ3v) is 3.32. The molecule has 0 fully saturated rings. The summed E-state index contributed by atoms with van der Waals surface area (Å²) in [4.78, 5) is 11.4. The molecule has 1 N–H and O–H groups in total. The van der Waals surface area contributed by atoms with Crippen molar-refractivity contribution in [3.05, 3.63) is 16.3 Å². The average Bonchev–Trinajstić information content (AvgIpc) is 2.70. The van der Waals surface area contributed by atoms with Gasteiger partial charge in [0.1, 0.15) is 0 Å².